The zero-order valence-electron chi connectivity index (χ0n) is 6.16. The Morgan fingerprint density at radius 3 is 1.00 bits per heavy atom. The van der Waals surface area contributed by atoms with E-state index in [2.05, 4.69) is 0 Å². The van der Waals surface area contributed by atoms with Crippen molar-refractivity contribution < 1.29 is 43.2 Å². The smallest absolute Gasteiger partial charge is 0.200 e. The lowest BCUT2D eigenvalue weighted by Crippen LogP contribution is -2.40. The Balaban J connectivity index is 5.28. The van der Waals surface area contributed by atoms with Crippen LogP contribution in [0.25, 0.3) is 0 Å². The summed E-state index contributed by atoms with van der Waals surface area (Å²) in [4.78, 5) is 0. The van der Waals surface area contributed by atoms with Crippen molar-refractivity contribution in [2.75, 3.05) is 0 Å². The second kappa shape index (κ2) is 3.48. The minimum atomic E-state index is -6.72. The Kier molecular flexibility index (Phi) is 3.35. The number of rotatable bonds is 2. The van der Waals surface area contributed by atoms with Crippen molar-refractivity contribution in [3.63, 3.8) is 0 Å². The van der Waals surface area contributed by atoms with Gasteiger partial charge in [0.1, 0.15) is 0 Å². The molecule has 5 nitrogen and oxygen atoms in total. The SMILES string of the molecule is O=S(=O)([N]S(=O)(=O)C(F)(F)F)C(F)(F)F. The highest BCUT2D eigenvalue weighted by Gasteiger charge is 2.57. The van der Waals surface area contributed by atoms with Crippen LogP contribution >= 0.6 is 0 Å². The lowest BCUT2D eigenvalue weighted by molar-refractivity contribution is -0.0478. The lowest BCUT2D eigenvalue weighted by Gasteiger charge is -2.09. The Hall–Kier alpha value is -0.560. The molecule has 0 fully saturated rings. The maximum absolute atomic E-state index is 11.4. The lowest BCUT2D eigenvalue weighted by atomic mass is 11.6. The molecule has 0 N–H and O–H groups in total. The molecule has 1 radical (unpaired) electrons. The summed E-state index contributed by atoms with van der Waals surface area (Å²) in [5.41, 5.74) is -12.4. The third-order valence-corrected chi connectivity index (χ3v) is 3.52. The van der Waals surface area contributed by atoms with Crippen LogP contribution in [-0.4, -0.2) is 27.9 Å². The van der Waals surface area contributed by atoms with Crippen LogP contribution in [0.2, 0.25) is 0 Å². The summed E-state index contributed by atoms with van der Waals surface area (Å²) in [6.45, 7) is 0. The van der Waals surface area contributed by atoms with E-state index in [9.17, 15) is 43.2 Å². The maximum atomic E-state index is 11.4. The van der Waals surface area contributed by atoms with Gasteiger partial charge in [-0.3, -0.25) is 0 Å². The van der Waals surface area contributed by atoms with Gasteiger partial charge in [0.15, 0.2) is 0 Å². The van der Waals surface area contributed by atoms with Crippen LogP contribution < -0.4 is 4.13 Å². The average molecular weight is 280 g/mol. The van der Waals surface area contributed by atoms with Crippen molar-refractivity contribution in [1.29, 1.82) is 0 Å². The van der Waals surface area contributed by atoms with E-state index in [4.69, 9.17) is 0 Å². The molecule has 0 saturated carbocycles. The summed E-state index contributed by atoms with van der Waals surface area (Å²) < 4.78 is 109. The van der Waals surface area contributed by atoms with Crippen molar-refractivity contribution in [3.8, 4) is 0 Å². The van der Waals surface area contributed by atoms with Crippen molar-refractivity contribution in [2.24, 2.45) is 0 Å². The van der Waals surface area contributed by atoms with Gasteiger partial charge in [0.05, 0.1) is 0 Å². The van der Waals surface area contributed by atoms with Crippen LogP contribution in [0.15, 0.2) is 0 Å². The largest absolute Gasteiger partial charge is 0.514 e. The van der Waals surface area contributed by atoms with E-state index in [1.54, 1.807) is 0 Å². The third kappa shape index (κ3) is 3.20. The van der Waals surface area contributed by atoms with Crippen molar-refractivity contribution >= 4 is 20.0 Å². The molecular weight excluding hydrogens is 280 g/mol. The van der Waals surface area contributed by atoms with Crippen LogP contribution in [0.5, 0.6) is 0 Å². The van der Waals surface area contributed by atoms with Gasteiger partial charge in [-0.2, -0.15) is 26.3 Å². The van der Waals surface area contributed by atoms with Crippen LogP contribution in [0.1, 0.15) is 0 Å². The normalized spacial score (nSPS) is 15.3. The van der Waals surface area contributed by atoms with E-state index in [-0.39, 0.29) is 0 Å². The Morgan fingerprint density at radius 2 is 0.867 bits per heavy atom. The Bertz CT molecular complexity index is 385. The van der Waals surface area contributed by atoms with Crippen LogP contribution in [0.4, 0.5) is 26.3 Å². The summed E-state index contributed by atoms with van der Waals surface area (Å²) in [5, 5.41) is 0. The average Bonchev–Trinajstić information content (AvgIpc) is 1.77. The molecule has 0 spiro atoms. The summed E-state index contributed by atoms with van der Waals surface area (Å²) >= 11 is 0. The van der Waals surface area contributed by atoms with Gasteiger partial charge in [-0.25, -0.2) is 16.8 Å². The molecule has 0 amide bonds. The maximum Gasteiger partial charge on any atom is 0.514 e. The molecule has 0 bridgehead atoms. The molecule has 91 valence electrons. The highest BCUT2D eigenvalue weighted by Crippen LogP contribution is 2.28. The summed E-state index contributed by atoms with van der Waals surface area (Å²) in [5.74, 6) is 0. The first-order valence-electron chi connectivity index (χ1n) is 2.57. The summed E-state index contributed by atoms with van der Waals surface area (Å²) in [6.07, 6.45) is 0. The predicted octanol–water partition coefficient (Wildman–Crippen LogP) is 0.290. The first-order valence-corrected chi connectivity index (χ1v) is 5.45. The molecule has 0 rings (SSSR count). The fourth-order valence-electron chi connectivity index (χ4n) is 0.214. The molecule has 0 aromatic carbocycles. The molecule has 13 heteroatoms. The third-order valence-electron chi connectivity index (χ3n) is 0.781. The van der Waals surface area contributed by atoms with Gasteiger partial charge in [0.2, 0.25) is 0 Å². The number of sulfonamides is 2. The first kappa shape index (κ1) is 14.4. The van der Waals surface area contributed by atoms with Crippen LogP contribution in [0.3, 0.4) is 0 Å². The molecule has 0 heterocycles. The quantitative estimate of drug-likeness (QED) is 0.681. The molecule has 0 aliphatic heterocycles. The molecule has 0 aromatic heterocycles. The highest BCUT2D eigenvalue weighted by molar-refractivity contribution is 8.05. The number of hydrogen-bond acceptors (Lipinski definition) is 4. The van der Waals surface area contributed by atoms with Crippen LogP contribution in [0, 0.1) is 0 Å². The molecule has 0 aliphatic carbocycles. The fraction of sp³-hybridized carbons (Fsp3) is 1.00. The van der Waals surface area contributed by atoms with E-state index >= 15 is 0 Å². The predicted molar refractivity (Wildman–Crippen MR) is 32.1 cm³/mol. The van der Waals surface area contributed by atoms with Gasteiger partial charge in [-0.1, -0.05) is 0 Å². The highest BCUT2D eigenvalue weighted by atomic mass is 32.3. The van der Waals surface area contributed by atoms with Gasteiger partial charge in [-0.15, -0.1) is 0 Å². The minimum Gasteiger partial charge on any atom is -0.200 e. The summed E-state index contributed by atoms with van der Waals surface area (Å²) in [6, 6.07) is 0. The molecule has 0 aromatic rings. The number of nitrogens with zero attached hydrogens (tertiary/aromatic N) is 1. The molecule has 0 aliphatic rings. The molecule has 0 atom stereocenters. The number of hydrogen-bond donors (Lipinski definition) is 0. The molecular formula is C2F6NO4S2. The molecule has 0 saturated heterocycles. The van der Waals surface area contributed by atoms with Gasteiger partial charge < -0.3 is 0 Å². The van der Waals surface area contributed by atoms with E-state index in [0.717, 1.165) is 4.13 Å². The van der Waals surface area contributed by atoms with E-state index in [0.29, 0.717) is 0 Å². The van der Waals surface area contributed by atoms with Gasteiger partial charge >= 0.3 is 31.1 Å². The van der Waals surface area contributed by atoms with E-state index in [1.807, 2.05) is 0 Å². The monoisotopic (exact) mass is 280 g/mol. The second-order valence-electron chi connectivity index (χ2n) is 1.92. The zero-order chi connectivity index (χ0) is 12.7. The van der Waals surface area contributed by atoms with Crippen molar-refractivity contribution in [3.05, 3.63) is 0 Å². The number of halogens is 6. The van der Waals surface area contributed by atoms with E-state index in [1.165, 1.54) is 0 Å². The van der Waals surface area contributed by atoms with Crippen LogP contribution in [-0.2, 0) is 20.0 Å². The van der Waals surface area contributed by atoms with Crippen molar-refractivity contribution in [1.82, 2.24) is 4.13 Å². The molecule has 0 unspecified atom stereocenters. The van der Waals surface area contributed by atoms with E-state index < -0.39 is 31.1 Å². The minimum absolute atomic E-state index is 0.778. The van der Waals surface area contributed by atoms with Gasteiger partial charge in [-0.05, 0) is 0 Å². The Morgan fingerprint density at radius 1 is 0.667 bits per heavy atom. The van der Waals surface area contributed by atoms with Gasteiger partial charge in [0, 0.05) is 4.13 Å². The fourth-order valence-corrected chi connectivity index (χ4v) is 1.92. The van der Waals surface area contributed by atoms with Gasteiger partial charge in [0.25, 0.3) is 0 Å². The topological polar surface area (TPSA) is 82.4 Å². The van der Waals surface area contributed by atoms with Crippen molar-refractivity contribution in [2.45, 2.75) is 11.0 Å². The second-order valence-corrected chi connectivity index (χ2v) is 5.34. The molecule has 15 heavy (non-hydrogen) atoms. The summed E-state index contributed by atoms with van der Waals surface area (Å²) in [7, 11) is -13.4. The standard InChI is InChI=1S/C2F6NO4S2/c3-1(4,5)14(10,11)9-15(12,13)2(6,7)8. The zero-order valence-corrected chi connectivity index (χ0v) is 7.80. The Labute approximate surface area is 79.2 Å². The first-order chi connectivity index (χ1) is 6.21. The number of alkyl halides is 6.